The van der Waals surface area contributed by atoms with E-state index in [2.05, 4.69) is 33.6 Å². The van der Waals surface area contributed by atoms with Gasteiger partial charge in [-0.15, -0.1) is 0 Å². The van der Waals surface area contributed by atoms with Crippen molar-refractivity contribution in [2.24, 2.45) is 5.73 Å². The van der Waals surface area contributed by atoms with Crippen LogP contribution < -0.4 is 16.4 Å². The summed E-state index contributed by atoms with van der Waals surface area (Å²) in [7, 11) is 0. The molecule has 0 aliphatic carbocycles. The second-order valence-corrected chi connectivity index (χ2v) is 6.54. The summed E-state index contributed by atoms with van der Waals surface area (Å²) in [6, 6.07) is 5.97. The molecule has 0 radical (unpaired) electrons. The third-order valence-corrected chi connectivity index (χ3v) is 4.47. The van der Waals surface area contributed by atoms with E-state index in [0.717, 1.165) is 61.7 Å². The lowest BCUT2D eigenvalue weighted by atomic mass is 10.0. The number of carbonyl (C=O) groups excluding carboxylic acids is 1. The van der Waals surface area contributed by atoms with E-state index in [9.17, 15) is 10.1 Å². The third kappa shape index (κ3) is 5.51. The highest BCUT2D eigenvalue weighted by Crippen LogP contribution is 2.25. The van der Waals surface area contributed by atoms with Gasteiger partial charge in [-0.25, -0.2) is 9.97 Å². The fourth-order valence-corrected chi connectivity index (χ4v) is 2.87. The number of aldehydes is 1. The van der Waals surface area contributed by atoms with Crippen LogP contribution in [-0.2, 0) is 12.8 Å². The monoisotopic (exact) mass is 380 g/mol. The first-order valence-corrected chi connectivity index (χ1v) is 9.75. The van der Waals surface area contributed by atoms with E-state index in [1.54, 1.807) is 6.07 Å². The van der Waals surface area contributed by atoms with Crippen molar-refractivity contribution in [3.05, 3.63) is 40.7 Å². The van der Waals surface area contributed by atoms with Gasteiger partial charge in [0.1, 0.15) is 23.4 Å². The van der Waals surface area contributed by atoms with Gasteiger partial charge in [0, 0.05) is 18.8 Å². The minimum Gasteiger partial charge on any atom is -0.384 e. The van der Waals surface area contributed by atoms with Gasteiger partial charge in [-0.2, -0.15) is 5.26 Å². The van der Waals surface area contributed by atoms with E-state index in [4.69, 9.17) is 5.73 Å². The van der Waals surface area contributed by atoms with Crippen LogP contribution in [0.3, 0.4) is 0 Å². The molecule has 0 saturated heterocycles. The topological polar surface area (TPSA) is 117 Å². The van der Waals surface area contributed by atoms with Crippen molar-refractivity contribution >= 4 is 23.6 Å². The molecule has 7 heteroatoms. The Morgan fingerprint density at radius 3 is 2.71 bits per heavy atom. The summed E-state index contributed by atoms with van der Waals surface area (Å²) in [6.07, 6.45) is 6.72. The van der Waals surface area contributed by atoms with E-state index >= 15 is 0 Å². The van der Waals surface area contributed by atoms with Gasteiger partial charge in [-0.3, -0.25) is 4.79 Å². The molecule has 2 aromatic rings. The zero-order valence-corrected chi connectivity index (χ0v) is 16.6. The van der Waals surface area contributed by atoms with E-state index in [-0.39, 0.29) is 0 Å². The van der Waals surface area contributed by atoms with Gasteiger partial charge in [-0.1, -0.05) is 20.3 Å². The Kier molecular flexibility index (Phi) is 8.37. The molecule has 2 aromatic heterocycles. The molecule has 4 N–H and O–H groups in total. The minimum absolute atomic E-state index is 0.427. The second-order valence-electron chi connectivity index (χ2n) is 6.54. The van der Waals surface area contributed by atoms with Gasteiger partial charge in [0.15, 0.2) is 6.29 Å². The number of nitrogens with zero attached hydrogens (tertiary/aromatic N) is 3. The Morgan fingerprint density at radius 1 is 1.25 bits per heavy atom. The lowest BCUT2D eigenvalue weighted by Crippen LogP contribution is -2.09. The lowest BCUT2D eigenvalue weighted by Gasteiger charge is -2.15. The average molecular weight is 380 g/mol. The van der Waals surface area contributed by atoms with E-state index in [1.165, 1.54) is 6.20 Å². The largest absolute Gasteiger partial charge is 0.384 e. The zero-order valence-electron chi connectivity index (χ0n) is 16.6. The minimum atomic E-state index is 0.427. The van der Waals surface area contributed by atoms with Crippen LogP contribution in [0.25, 0.3) is 0 Å². The Balaban J connectivity index is 2.36. The molecule has 148 valence electrons. The van der Waals surface area contributed by atoms with Crippen LogP contribution in [-0.4, -0.2) is 29.3 Å². The number of nitrogens with two attached hydrogens (primary N) is 1. The summed E-state index contributed by atoms with van der Waals surface area (Å²) in [5, 5.41) is 15.8. The summed E-state index contributed by atoms with van der Waals surface area (Å²) in [4.78, 5) is 20.3. The molecule has 0 atom stereocenters. The Hall–Kier alpha value is -2.98. The van der Waals surface area contributed by atoms with Crippen molar-refractivity contribution in [3.8, 4) is 6.07 Å². The number of hydrogen-bond acceptors (Lipinski definition) is 7. The number of aromatic nitrogens is 2. The highest BCUT2D eigenvalue weighted by Gasteiger charge is 2.12. The molecule has 0 saturated carbocycles. The highest BCUT2D eigenvalue weighted by atomic mass is 16.1. The second kappa shape index (κ2) is 11.0. The van der Waals surface area contributed by atoms with Crippen molar-refractivity contribution in [3.63, 3.8) is 0 Å². The van der Waals surface area contributed by atoms with Crippen LogP contribution in [0.5, 0.6) is 0 Å². The van der Waals surface area contributed by atoms with Gasteiger partial charge >= 0.3 is 0 Å². The van der Waals surface area contributed by atoms with E-state index in [1.807, 2.05) is 13.0 Å². The molecular weight excluding hydrogens is 352 g/mol. The SMILES string of the molecule is CCCCNc1cc(Nc2nc(C=O)c(CC)cc2CCCN)ncc1C#N. The van der Waals surface area contributed by atoms with E-state index < -0.39 is 0 Å². The first-order valence-electron chi connectivity index (χ1n) is 9.75. The number of rotatable bonds is 11. The highest BCUT2D eigenvalue weighted by molar-refractivity contribution is 5.77. The lowest BCUT2D eigenvalue weighted by molar-refractivity contribution is 0.111. The van der Waals surface area contributed by atoms with Gasteiger partial charge < -0.3 is 16.4 Å². The van der Waals surface area contributed by atoms with Crippen molar-refractivity contribution in [2.75, 3.05) is 23.7 Å². The predicted molar refractivity (Wildman–Crippen MR) is 112 cm³/mol. The van der Waals surface area contributed by atoms with Crippen LogP contribution >= 0.6 is 0 Å². The quantitative estimate of drug-likeness (QED) is 0.403. The van der Waals surface area contributed by atoms with Gasteiger partial charge in [-0.05, 0) is 49.4 Å². The summed E-state index contributed by atoms with van der Waals surface area (Å²) in [6.45, 7) is 5.48. The van der Waals surface area contributed by atoms with Crippen LogP contribution in [0.2, 0.25) is 0 Å². The maximum absolute atomic E-state index is 11.4. The maximum Gasteiger partial charge on any atom is 0.168 e. The van der Waals surface area contributed by atoms with Crippen molar-refractivity contribution in [1.29, 1.82) is 5.26 Å². The van der Waals surface area contributed by atoms with Gasteiger partial charge in [0.2, 0.25) is 0 Å². The molecule has 0 spiro atoms. The molecule has 7 nitrogen and oxygen atoms in total. The first kappa shape index (κ1) is 21.3. The van der Waals surface area contributed by atoms with Crippen molar-refractivity contribution in [2.45, 2.75) is 46.0 Å². The number of hydrogen-bond donors (Lipinski definition) is 3. The smallest absolute Gasteiger partial charge is 0.168 e. The Morgan fingerprint density at radius 2 is 2.07 bits per heavy atom. The number of aryl methyl sites for hydroxylation is 2. The molecule has 0 aliphatic rings. The first-order chi connectivity index (χ1) is 13.7. The van der Waals surface area contributed by atoms with Gasteiger partial charge in [0.05, 0.1) is 11.3 Å². The Labute approximate surface area is 166 Å². The Bertz CT molecular complexity index is 844. The van der Waals surface area contributed by atoms with Crippen LogP contribution in [0.4, 0.5) is 17.3 Å². The van der Waals surface area contributed by atoms with Crippen molar-refractivity contribution in [1.82, 2.24) is 9.97 Å². The van der Waals surface area contributed by atoms with Crippen LogP contribution in [0, 0.1) is 11.3 Å². The number of nitriles is 1. The summed E-state index contributed by atoms with van der Waals surface area (Å²) >= 11 is 0. The molecule has 0 amide bonds. The third-order valence-electron chi connectivity index (χ3n) is 4.47. The standard InChI is InChI=1S/C21H28N6O/c1-3-5-9-24-18-11-20(25-13-17(18)12-23)27-21-16(7-6-8-22)10-15(4-2)19(14-28)26-21/h10-11,13-14H,3-9,22H2,1-2H3,(H2,24,25,26,27). The predicted octanol–water partition coefficient (Wildman–Crippen LogP) is 3.57. The fourth-order valence-electron chi connectivity index (χ4n) is 2.87. The summed E-state index contributed by atoms with van der Waals surface area (Å²) < 4.78 is 0. The average Bonchev–Trinajstić information content (AvgIpc) is 2.72. The molecule has 0 bridgehead atoms. The van der Waals surface area contributed by atoms with Crippen molar-refractivity contribution < 1.29 is 4.79 Å². The normalized spacial score (nSPS) is 10.4. The zero-order chi connectivity index (χ0) is 20.4. The number of pyridine rings is 2. The molecule has 0 fully saturated rings. The molecule has 0 aliphatic heterocycles. The molecule has 0 unspecified atom stereocenters. The molecule has 28 heavy (non-hydrogen) atoms. The number of nitrogens with one attached hydrogen (secondary N) is 2. The number of unbranched alkanes of at least 4 members (excludes halogenated alkanes) is 1. The maximum atomic E-state index is 11.4. The number of carbonyl (C=O) groups is 1. The van der Waals surface area contributed by atoms with Crippen LogP contribution in [0.15, 0.2) is 18.3 Å². The van der Waals surface area contributed by atoms with Gasteiger partial charge in [0.25, 0.3) is 0 Å². The summed E-state index contributed by atoms with van der Waals surface area (Å²) in [5.74, 6) is 1.17. The summed E-state index contributed by atoms with van der Waals surface area (Å²) in [5.41, 5.74) is 9.24. The molecule has 2 heterocycles. The molecule has 2 rings (SSSR count). The molecule has 0 aromatic carbocycles. The number of anilines is 3. The fraction of sp³-hybridized carbons (Fsp3) is 0.429. The van der Waals surface area contributed by atoms with Crippen LogP contribution in [0.1, 0.15) is 60.3 Å². The van der Waals surface area contributed by atoms with E-state index in [0.29, 0.717) is 29.4 Å². The molecular formula is C21H28N6O.